The number of carbonyl (C=O) groups is 1. The Morgan fingerprint density at radius 3 is 2.00 bits per heavy atom. The van der Waals surface area contributed by atoms with E-state index in [0.29, 0.717) is 57.4 Å². The lowest BCUT2D eigenvalue weighted by atomic mass is 10.1. The highest BCUT2D eigenvalue weighted by atomic mass is 16.6. The fourth-order valence-corrected chi connectivity index (χ4v) is 2.72. The van der Waals surface area contributed by atoms with E-state index in [9.17, 15) is 4.79 Å². The van der Waals surface area contributed by atoms with Gasteiger partial charge in [-0.1, -0.05) is 6.07 Å². The lowest BCUT2D eigenvalue weighted by Crippen LogP contribution is -2.47. The Balaban J connectivity index is 3.06. The van der Waals surface area contributed by atoms with Gasteiger partial charge in [0.1, 0.15) is 6.04 Å². The van der Waals surface area contributed by atoms with Crippen LogP contribution in [0.25, 0.3) is 0 Å². The molecule has 1 unspecified atom stereocenters. The third-order valence-corrected chi connectivity index (χ3v) is 4.20. The average Bonchev–Trinajstić information content (AvgIpc) is 2.72. The minimum absolute atomic E-state index is 0.261. The first-order chi connectivity index (χ1) is 13.6. The fraction of sp³-hybridized carbons (Fsp3) is 0.650. The molecule has 0 bridgehead atoms. The summed E-state index contributed by atoms with van der Waals surface area (Å²) in [5.74, 6) is 0.709. The molecule has 0 spiro atoms. The molecule has 1 atom stereocenters. The molecule has 0 fully saturated rings. The highest BCUT2D eigenvalue weighted by molar-refractivity contribution is 5.79. The summed E-state index contributed by atoms with van der Waals surface area (Å²) in [4.78, 5) is 15.1. The maximum Gasteiger partial charge on any atom is 0.329 e. The van der Waals surface area contributed by atoms with Crippen molar-refractivity contribution >= 4 is 5.97 Å². The first-order valence-corrected chi connectivity index (χ1v) is 9.35. The van der Waals surface area contributed by atoms with Crippen LogP contribution in [0.2, 0.25) is 0 Å². The molecule has 0 N–H and O–H groups in total. The van der Waals surface area contributed by atoms with Gasteiger partial charge >= 0.3 is 5.97 Å². The van der Waals surface area contributed by atoms with Gasteiger partial charge in [0.15, 0.2) is 11.5 Å². The van der Waals surface area contributed by atoms with Crippen LogP contribution in [0, 0.1) is 0 Å². The number of hydrogen-bond acceptors (Lipinski definition) is 8. The largest absolute Gasteiger partial charge is 0.493 e. The highest BCUT2D eigenvalue weighted by Gasteiger charge is 2.29. The predicted octanol–water partition coefficient (Wildman–Crippen LogP) is 2.00. The zero-order valence-corrected chi connectivity index (χ0v) is 17.6. The summed E-state index contributed by atoms with van der Waals surface area (Å²) in [5, 5.41) is 0. The van der Waals surface area contributed by atoms with Crippen molar-refractivity contribution in [2.24, 2.45) is 0 Å². The molecule has 0 radical (unpaired) electrons. The van der Waals surface area contributed by atoms with Crippen LogP contribution < -0.4 is 14.2 Å². The van der Waals surface area contributed by atoms with Crippen LogP contribution in [0.4, 0.5) is 0 Å². The van der Waals surface area contributed by atoms with Crippen molar-refractivity contribution in [1.29, 1.82) is 0 Å². The van der Waals surface area contributed by atoms with Crippen LogP contribution in [-0.4, -0.2) is 84.9 Å². The molecule has 0 aliphatic heterocycles. The van der Waals surface area contributed by atoms with E-state index in [-0.39, 0.29) is 5.75 Å². The molecular formula is C20H33NO7. The van der Waals surface area contributed by atoms with Gasteiger partial charge in [-0.05, 0) is 25.5 Å². The standard InChI is InChI=1S/C20H33NO7/c1-6-27-13-10-16(21(11-14-23-2)12-15-24-3)20(22)28-19-17(25-4)8-7-9-18(19)26-5/h7-9,16H,6,10-15H2,1-5H3. The Morgan fingerprint density at radius 1 is 0.964 bits per heavy atom. The Kier molecular flexibility index (Phi) is 12.2. The van der Waals surface area contributed by atoms with Crippen LogP contribution in [-0.2, 0) is 19.0 Å². The van der Waals surface area contributed by atoms with Gasteiger partial charge in [0.25, 0.3) is 0 Å². The monoisotopic (exact) mass is 399 g/mol. The lowest BCUT2D eigenvalue weighted by Gasteiger charge is -2.30. The van der Waals surface area contributed by atoms with Crippen molar-refractivity contribution in [3.63, 3.8) is 0 Å². The van der Waals surface area contributed by atoms with Crippen LogP contribution in [0.5, 0.6) is 17.2 Å². The van der Waals surface area contributed by atoms with Gasteiger partial charge in [0.05, 0.1) is 27.4 Å². The maximum atomic E-state index is 13.1. The third kappa shape index (κ3) is 7.63. The van der Waals surface area contributed by atoms with E-state index in [2.05, 4.69) is 0 Å². The van der Waals surface area contributed by atoms with Crippen molar-refractivity contribution < 1.29 is 33.2 Å². The summed E-state index contributed by atoms with van der Waals surface area (Å²) in [5.41, 5.74) is 0. The molecule has 0 amide bonds. The summed E-state index contributed by atoms with van der Waals surface area (Å²) in [6.07, 6.45) is 0.484. The van der Waals surface area contributed by atoms with Gasteiger partial charge < -0.3 is 28.4 Å². The summed E-state index contributed by atoms with van der Waals surface area (Å²) in [7, 11) is 6.29. The van der Waals surface area contributed by atoms with Gasteiger partial charge in [-0.2, -0.15) is 0 Å². The number of carbonyl (C=O) groups excluding carboxylic acids is 1. The zero-order chi connectivity index (χ0) is 20.8. The number of nitrogens with zero attached hydrogens (tertiary/aromatic N) is 1. The minimum atomic E-state index is -0.522. The summed E-state index contributed by atoms with van der Waals surface area (Å²) >= 11 is 0. The smallest absolute Gasteiger partial charge is 0.329 e. The summed E-state index contributed by atoms with van der Waals surface area (Å²) < 4.78 is 32.2. The van der Waals surface area contributed by atoms with E-state index < -0.39 is 12.0 Å². The molecule has 1 aromatic carbocycles. The molecule has 8 nitrogen and oxygen atoms in total. The summed E-state index contributed by atoms with van der Waals surface area (Å²) in [6, 6.07) is 4.68. The van der Waals surface area contributed by atoms with Crippen molar-refractivity contribution in [3.05, 3.63) is 18.2 Å². The Labute approximate surface area is 167 Å². The van der Waals surface area contributed by atoms with Gasteiger partial charge in [0, 0.05) is 40.5 Å². The molecule has 0 heterocycles. The van der Waals surface area contributed by atoms with E-state index in [1.165, 1.54) is 14.2 Å². The molecule has 28 heavy (non-hydrogen) atoms. The normalized spacial score (nSPS) is 12.1. The van der Waals surface area contributed by atoms with Crippen molar-refractivity contribution in [2.45, 2.75) is 19.4 Å². The number of esters is 1. The SMILES string of the molecule is CCOCCC(C(=O)Oc1c(OC)cccc1OC)N(CCOC)CCOC. The van der Waals surface area contributed by atoms with Gasteiger partial charge in [0.2, 0.25) is 5.75 Å². The van der Waals surface area contributed by atoms with Gasteiger partial charge in [-0.15, -0.1) is 0 Å². The number of para-hydroxylation sites is 1. The predicted molar refractivity (Wildman–Crippen MR) is 105 cm³/mol. The number of rotatable bonds is 15. The topological polar surface area (TPSA) is 75.7 Å². The summed E-state index contributed by atoms with van der Waals surface area (Å²) in [6.45, 7) is 5.04. The van der Waals surface area contributed by atoms with E-state index in [1.54, 1.807) is 32.4 Å². The Hall–Kier alpha value is -1.87. The highest BCUT2D eigenvalue weighted by Crippen LogP contribution is 2.37. The van der Waals surface area contributed by atoms with E-state index in [1.807, 2.05) is 11.8 Å². The number of ether oxygens (including phenoxy) is 6. The lowest BCUT2D eigenvalue weighted by molar-refractivity contribution is -0.142. The molecule has 0 aliphatic rings. The first-order valence-electron chi connectivity index (χ1n) is 9.35. The first kappa shape index (κ1) is 24.2. The second-order valence-electron chi connectivity index (χ2n) is 5.94. The second-order valence-corrected chi connectivity index (χ2v) is 5.94. The Bertz CT molecular complexity index is 537. The van der Waals surface area contributed by atoms with Gasteiger partial charge in [-0.25, -0.2) is 4.79 Å². The second kappa shape index (κ2) is 14.2. The van der Waals surface area contributed by atoms with Crippen molar-refractivity contribution in [1.82, 2.24) is 4.90 Å². The van der Waals surface area contributed by atoms with Crippen LogP contribution >= 0.6 is 0 Å². The van der Waals surface area contributed by atoms with Crippen LogP contribution in [0.3, 0.4) is 0 Å². The molecule has 0 saturated heterocycles. The molecule has 1 rings (SSSR count). The molecule has 0 aromatic heterocycles. The third-order valence-electron chi connectivity index (χ3n) is 4.20. The molecule has 1 aromatic rings. The molecular weight excluding hydrogens is 366 g/mol. The number of benzene rings is 1. The fourth-order valence-electron chi connectivity index (χ4n) is 2.72. The van der Waals surface area contributed by atoms with E-state index in [4.69, 9.17) is 28.4 Å². The van der Waals surface area contributed by atoms with E-state index in [0.717, 1.165) is 0 Å². The van der Waals surface area contributed by atoms with Crippen LogP contribution in [0.15, 0.2) is 18.2 Å². The van der Waals surface area contributed by atoms with Crippen molar-refractivity contribution in [2.75, 3.05) is 68.0 Å². The number of hydrogen-bond donors (Lipinski definition) is 0. The van der Waals surface area contributed by atoms with Gasteiger partial charge in [-0.3, -0.25) is 4.90 Å². The maximum absolute atomic E-state index is 13.1. The number of methoxy groups -OCH3 is 4. The van der Waals surface area contributed by atoms with Crippen molar-refractivity contribution in [3.8, 4) is 17.2 Å². The molecule has 160 valence electrons. The minimum Gasteiger partial charge on any atom is -0.493 e. The average molecular weight is 399 g/mol. The zero-order valence-electron chi connectivity index (χ0n) is 17.6. The Morgan fingerprint density at radius 2 is 1.54 bits per heavy atom. The quantitative estimate of drug-likeness (QED) is 0.252. The molecule has 8 heteroatoms. The van der Waals surface area contributed by atoms with E-state index >= 15 is 0 Å². The van der Waals surface area contributed by atoms with Crippen LogP contribution in [0.1, 0.15) is 13.3 Å². The molecule has 0 aliphatic carbocycles. The molecule has 0 saturated carbocycles.